The van der Waals surface area contributed by atoms with Crippen LogP contribution < -0.4 is 0 Å². The van der Waals surface area contributed by atoms with E-state index in [9.17, 15) is 4.79 Å². The number of halogens is 1. The number of Topliss-reactive ketones (excluding diaryl/α,β-unsaturated/α-hetero) is 1. The Morgan fingerprint density at radius 2 is 2.00 bits per heavy atom. The van der Waals surface area contributed by atoms with Gasteiger partial charge in [-0.25, -0.2) is 0 Å². The molecule has 0 atom stereocenters. The summed E-state index contributed by atoms with van der Waals surface area (Å²) in [6.45, 7) is 0.623. The van der Waals surface area contributed by atoms with Crippen LogP contribution >= 0.6 is 15.9 Å². The van der Waals surface area contributed by atoms with Crippen molar-refractivity contribution in [1.29, 1.82) is 0 Å². The quantitative estimate of drug-likeness (QED) is 0.757. The number of ketones is 1. The minimum absolute atomic E-state index is 0.0324. The van der Waals surface area contributed by atoms with Crippen molar-refractivity contribution in [2.24, 2.45) is 0 Å². The maximum absolute atomic E-state index is 11.7. The highest BCUT2D eigenvalue weighted by Crippen LogP contribution is 2.17. The van der Waals surface area contributed by atoms with Crippen molar-refractivity contribution in [2.75, 3.05) is 6.61 Å². The van der Waals surface area contributed by atoms with Gasteiger partial charge in [-0.3, -0.25) is 4.79 Å². The van der Waals surface area contributed by atoms with Gasteiger partial charge in [-0.1, -0.05) is 15.9 Å². The van der Waals surface area contributed by atoms with Gasteiger partial charge in [0.15, 0.2) is 5.76 Å². The molecule has 1 aromatic rings. The number of ether oxygens (including phenoxy) is 1. The zero-order valence-corrected chi connectivity index (χ0v) is 9.08. The SMILES string of the molecule is O=C(C1=CCCO1)c1ccc(Br)cc1. The average Bonchev–Trinajstić information content (AvgIpc) is 2.71. The number of hydrogen-bond acceptors (Lipinski definition) is 2. The Hall–Kier alpha value is -1.09. The first-order chi connectivity index (χ1) is 6.77. The van der Waals surface area contributed by atoms with Crippen LogP contribution in [0, 0.1) is 0 Å². The molecule has 0 unspecified atom stereocenters. The molecular weight excluding hydrogens is 244 g/mol. The Morgan fingerprint density at radius 1 is 1.29 bits per heavy atom. The Bertz CT molecular complexity index is 379. The molecule has 0 saturated carbocycles. The number of carbonyl (C=O) groups excluding carboxylic acids is 1. The number of carbonyl (C=O) groups is 1. The molecule has 1 aromatic carbocycles. The van der Waals surface area contributed by atoms with Crippen LogP contribution in [0.3, 0.4) is 0 Å². The van der Waals surface area contributed by atoms with Gasteiger partial charge < -0.3 is 4.74 Å². The van der Waals surface area contributed by atoms with E-state index < -0.39 is 0 Å². The Morgan fingerprint density at radius 3 is 2.57 bits per heavy atom. The fourth-order valence-corrected chi connectivity index (χ4v) is 1.58. The fourth-order valence-electron chi connectivity index (χ4n) is 1.32. The first-order valence-corrected chi connectivity index (χ1v) is 5.20. The third-order valence-corrected chi connectivity index (χ3v) is 2.56. The van der Waals surface area contributed by atoms with Crippen molar-refractivity contribution in [3.63, 3.8) is 0 Å². The molecule has 0 bridgehead atoms. The number of hydrogen-bond donors (Lipinski definition) is 0. The summed E-state index contributed by atoms with van der Waals surface area (Å²) >= 11 is 3.32. The molecule has 1 heterocycles. The lowest BCUT2D eigenvalue weighted by atomic mass is 10.1. The fraction of sp³-hybridized carbons (Fsp3) is 0.182. The molecule has 0 aliphatic carbocycles. The smallest absolute Gasteiger partial charge is 0.227 e. The number of rotatable bonds is 2. The van der Waals surface area contributed by atoms with Gasteiger partial charge in [-0.2, -0.15) is 0 Å². The van der Waals surface area contributed by atoms with E-state index in [1.807, 2.05) is 18.2 Å². The molecule has 0 aromatic heterocycles. The largest absolute Gasteiger partial charge is 0.489 e. The van der Waals surface area contributed by atoms with Gasteiger partial charge in [-0.05, 0) is 30.3 Å². The van der Waals surface area contributed by atoms with Gasteiger partial charge >= 0.3 is 0 Å². The van der Waals surface area contributed by atoms with Crippen molar-refractivity contribution in [2.45, 2.75) is 6.42 Å². The first kappa shape index (κ1) is 9.46. The second-order valence-electron chi connectivity index (χ2n) is 3.04. The average molecular weight is 253 g/mol. The lowest BCUT2D eigenvalue weighted by molar-refractivity contribution is 0.0942. The lowest BCUT2D eigenvalue weighted by Gasteiger charge is -2.02. The molecule has 14 heavy (non-hydrogen) atoms. The van der Waals surface area contributed by atoms with E-state index in [2.05, 4.69) is 15.9 Å². The summed E-state index contributed by atoms with van der Waals surface area (Å²) in [6, 6.07) is 7.27. The molecule has 0 fully saturated rings. The molecule has 0 saturated heterocycles. The molecule has 0 N–H and O–H groups in total. The van der Waals surface area contributed by atoms with E-state index in [0.29, 0.717) is 17.9 Å². The van der Waals surface area contributed by atoms with E-state index in [-0.39, 0.29) is 5.78 Å². The van der Waals surface area contributed by atoms with E-state index in [4.69, 9.17) is 4.74 Å². The van der Waals surface area contributed by atoms with Crippen LogP contribution in [-0.2, 0) is 4.74 Å². The van der Waals surface area contributed by atoms with Crippen LogP contribution in [0.4, 0.5) is 0 Å². The number of benzene rings is 1. The zero-order chi connectivity index (χ0) is 9.97. The Balaban J connectivity index is 2.22. The van der Waals surface area contributed by atoms with Crippen molar-refractivity contribution in [3.8, 4) is 0 Å². The minimum Gasteiger partial charge on any atom is -0.489 e. The summed E-state index contributed by atoms with van der Waals surface area (Å²) in [6.07, 6.45) is 2.67. The van der Waals surface area contributed by atoms with Crippen LogP contribution in [0.25, 0.3) is 0 Å². The molecule has 72 valence electrons. The third kappa shape index (κ3) is 1.87. The molecule has 1 aliphatic rings. The second kappa shape index (κ2) is 3.96. The maximum atomic E-state index is 11.7. The highest BCUT2D eigenvalue weighted by Gasteiger charge is 2.16. The summed E-state index contributed by atoms with van der Waals surface area (Å²) in [5, 5.41) is 0. The minimum atomic E-state index is -0.0324. The predicted octanol–water partition coefficient (Wildman–Crippen LogP) is 2.94. The molecule has 1 aliphatic heterocycles. The molecule has 2 nitrogen and oxygen atoms in total. The summed E-state index contributed by atoms with van der Waals surface area (Å²) in [4.78, 5) is 11.7. The molecule has 0 amide bonds. The summed E-state index contributed by atoms with van der Waals surface area (Å²) < 4.78 is 6.17. The molecule has 2 rings (SSSR count). The topological polar surface area (TPSA) is 26.3 Å². The van der Waals surface area contributed by atoms with Crippen molar-refractivity contribution in [3.05, 3.63) is 46.1 Å². The standard InChI is InChI=1S/C11H9BrO2/c12-9-5-3-8(4-6-9)11(13)10-2-1-7-14-10/h2-6H,1,7H2. The highest BCUT2D eigenvalue weighted by atomic mass is 79.9. The van der Waals surface area contributed by atoms with Crippen LogP contribution in [0.1, 0.15) is 16.8 Å². The predicted molar refractivity (Wildman–Crippen MR) is 57.1 cm³/mol. The Kier molecular flexibility index (Phi) is 2.68. The normalized spacial score (nSPS) is 14.8. The van der Waals surface area contributed by atoms with Gasteiger partial charge in [-0.15, -0.1) is 0 Å². The lowest BCUT2D eigenvalue weighted by Crippen LogP contribution is -2.03. The van der Waals surface area contributed by atoms with Gasteiger partial charge in [0.2, 0.25) is 5.78 Å². The van der Waals surface area contributed by atoms with Crippen LogP contribution in [0.15, 0.2) is 40.6 Å². The van der Waals surface area contributed by atoms with Crippen molar-refractivity contribution < 1.29 is 9.53 Å². The summed E-state index contributed by atoms with van der Waals surface area (Å²) in [5.74, 6) is 0.447. The molecule has 0 radical (unpaired) electrons. The molecule has 3 heteroatoms. The van der Waals surface area contributed by atoms with Crippen molar-refractivity contribution >= 4 is 21.7 Å². The molecular formula is C11H9BrO2. The van der Waals surface area contributed by atoms with E-state index in [1.165, 1.54) is 0 Å². The first-order valence-electron chi connectivity index (χ1n) is 4.40. The molecule has 0 spiro atoms. The zero-order valence-electron chi connectivity index (χ0n) is 7.50. The van der Waals surface area contributed by atoms with E-state index >= 15 is 0 Å². The second-order valence-corrected chi connectivity index (χ2v) is 3.96. The maximum Gasteiger partial charge on any atom is 0.227 e. The van der Waals surface area contributed by atoms with Gasteiger partial charge in [0.1, 0.15) is 0 Å². The van der Waals surface area contributed by atoms with Gasteiger partial charge in [0.05, 0.1) is 6.61 Å². The monoisotopic (exact) mass is 252 g/mol. The van der Waals surface area contributed by atoms with E-state index in [0.717, 1.165) is 10.9 Å². The van der Waals surface area contributed by atoms with Crippen LogP contribution in [0.2, 0.25) is 0 Å². The third-order valence-electron chi connectivity index (χ3n) is 2.04. The van der Waals surface area contributed by atoms with Crippen LogP contribution in [-0.4, -0.2) is 12.4 Å². The van der Waals surface area contributed by atoms with Crippen molar-refractivity contribution in [1.82, 2.24) is 0 Å². The summed E-state index contributed by atoms with van der Waals surface area (Å²) in [7, 11) is 0. The van der Waals surface area contributed by atoms with Crippen LogP contribution in [0.5, 0.6) is 0 Å². The number of allylic oxidation sites excluding steroid dienone is 1. The van der Waals surface area contributed by atoms with Gasteiger partial charge in [0, 0.05) is 16.5 Å². The van der Waals surface area contributed by atoms with E-state index in [1.54, 1.807) is 12.1 Å². The summed E-state index contributed by atoms with van der Waals surface area (Å²) in [5.41, 5.74) is 0.668. The highest BCUT2D eigenvalue weighted by molar-refractivity contribution is 9.10. The van der Waals surface area contributed by atoms with Gasteiger partial charge in [0.25, 0.3) is 0 Å². The Labute approximate surface area is 90.7 Å².